The van der Waals surface area contributed by atoms with Gasteiger partial charge in [-0.05, 0) is 66.4 Å². The molecule has 0 bridgehead atoms. The number of sulfonamides is 1. The maximum absolute atomic E-state index is 14.7. The molecule has 1 aliphatic carbocycles. The van der Waals surface area contributed by atoms with Gasteiger partial charge in [-0.2, -0.15) is 0 Å². The summed E-state index contributed by atoms with van der Waals surface area (Å²) >= 11 is 16.4. The van der Waals surface area contributed by atoms with Gasteiger partial charge in [0.1, 0.15) is 12.6 Å². The standard InChI is InChI=1S/C36H36BrCl2N3O4S/c37-28-14-10-13-27(21-28)24-41(34(22-26-11-4-1-5-12-26)36(44)40-30-15-6-2-7-16-30)35(43)25-42(33-23-29(38)19-20-32(33)39)47(45,46)31-17-8-3-9-18-31/h1,3-5,8-14,17-21,23,30,34H,2,6-7,15-16,22,24-25H2,(H,40,44)/t34-/m1/s1. The number of halogens is 3. The van der Waals surface area contributed by atoms with Crippen molar-refractivity contribution in [1.29, 1.82) is 0 Å². The average molecular weight is 758 g/mol. The van der Waals surface area contributed by atoms with Crippen LogP contribution in [0.2, 0.25) is 10.0 Å². The summed E-state index contributed by atoms with van der Waals surface area (Å²) in [5, 5.41) is 3.58. The van der Waals surface area contributed by atoms with E-state index in [0.717, 1.165) is 52.0 Å². The largest absolute Gasteiger partial charge is 0.352 e. The van der Waals surface area contributed by atoms with E-state index in [2.05, 4.69) is 21.2 Å². The minimum atomic E-state index is -4.29. The molecule has 0 saturated heterocycles. The summed E-state index contributed by atoms with van der Waals surface area (Å²) in [4.78, 5) is 30.3. The maximum Gasteiger partial charge on any atom is 0.264 e. The fraction of sp³-hybridized carbons (Fsp3) is 0.278. The van der Waals surface area contributed by atoms with Crippen molar-refractivity contribution in [1.82, 2.24) is 10.2 Å². The molecule has 0 aliphatic heterocycles. The zero-order valence-electron chi connectivity index (χ0n) is 25.7. The van der Waals surface area contributed by atoms with Gasteiger partial charge >= 0.3 is 0 Å². The molecule has 4 aromatic carbocycles. The van der Waals surface area contributed by atoms with E-state index in [1.54, 1.807) is 24.3 Å². The minimum absolute atomic E-state index is 0.0116. The Bertz CT molecular complexity index is 1790. The molecule has 47 heavy (non-hydrogen) atoms. The molecule has 1 saturated carbocycles. The highest BCUT2D eigenvalue weighted by Gasteiger charge is 2.36. The maximum atomic E-state index is 14.7. The molecule has 2 amide bonds. The Balaban J connectivity index is 1.58. The molecule has 1 atom stereocenters. The molecule has 1 N–H and O–H groups in total. The van der Waals surface area contributed by atoms with Crippen molar-refractivity contribution in [3.8, 4) is 0 Å². The first-order valence-electron chi connectivity index (χ1n) is 15.5. The number of hydrogen-bond acceptors (Lipinski definition) is 4. The molecule has 7 nitrogen and oxygen atoms in total. The molecule has 0 unspecified atom stereocenters. The van der Waals surface area contributed by atoms with Crippen LogP contribution >= 0.6 is 39.1 Å². The monoisotopic (exact) mass is 755 g/mol. The third-order valence-corrected chi connectivity index (χ3v) is 11.1. The molecular formula is C36H36BrCl2N3O4S. The van der Waals surface area contributed by atoms with E-state index >= 15 is 0 Å². The fourth-order valence-corrected chi connectivity index (χ4v) is 8.17. The van der Waals surface area contributed by atoms with Crippen LogP contribution in [-0.2, 0) is 32.6 Å². The predicted octanol–water partition coefficient (Wildman–Crippen LogP) is 8.04. The molecule has 1 fully saturated rings. The van der Waals surface area contributed by atoms with Crippen LogP contribution in [0.3, 0.4) is 0 Å². The fourth-order valence-electron chi connectivity index (χ4n) is 5.84. The van der Waals surface area contributed by atoms with Crippen LogP contribution in [0, 0.1) is 0 Å². The highest BCUT2D eigenvalue weighted by atomic mass is 79.9. The topological polar surface area (TPSA) is 86.8 Å². The summed E-state index contributed by atoms with van der Waals surface area (Å²) in [7, 11) is -4.29. The smallest absolute Gasteiger partial charge is 0.264 e. The van der Waals surface area contributed by atoms with Crippen molar-refractivity contribution < 1.29 is 18.0 Å². The van der Waals surface area contributed by atoms with Gasteiger partial charge in [-0.25, -0.2) is 8.42 Å². The number of benzene rings is 4. The highest BCUT2D eigenvalue weighted by molar-refractivity contribution is 9.10. The quantitative estimate of drug-likeness (QED) is 0.159. The summed E-state index contributed by atoms with van der Waals surface area (Å²) in [6.07, 6.45) is 5.18. The van der Waals surface area contributed by atoms with Crippen LogP contribution in [0.25, 0.3) is 0 Å². The van der Waals surface area contributed by atoms with E-state index in [4.69, 9.17) is 23.2 Å². The minimum Gasteiger partial charge on any atom is -0.352 e. The molecular weight excluding hydrogens is 721 g/mol. The summed E-state index contributed by atoms with van der Waals surface area (Å²) in [5.41, 5.74) is 1.70. The van der Waals surface area contributed by atoms with Crippen molar-refractivity contribution in [2.24, 2.45) is 0 Å². The van der Waals surface area contributed by atoms with Gasteiger partial charge in [0.15, 0.2) is 0 Å². The van der Waals surface area contributed by atoms with Gasteiger partial charge in [-0.3, -0.25) is 13.9 Å². The van der Waals surface area contributed by atoms with Crippen LogP contribution in [-0.4, -0.2) is 43.8 Å². The Labute approximate surface area is 295 Å². The van der Waals surface area contributed by atoms with Crippen molar-refractivity contribution >= 4 is 66.7 Å². The van der Waals surface area contributed by atoms with E-state index in [0.29, 0.717) is 0 Å². The third-order valence-electron chi connectivity index (χ3n) is 8.25. The summed E-state index contributed by atoms with van der Waals surface area (Å²) in [6.45, 7) is -0.552. The average Bonchev–Trinajstić information content (AvgIpc) is 3.07. The van der Waals surface area contributed by atoms with E-state index in [1.807, 2.05) is 54.6 Å². The number of rotatable bonds is 12. The van der Waals surface area contributed by atoms with Crippen molar-refractivity contribution in [3.63, 3.8) is 0 Å². The predicted molar refractivity (Wildman–Crippen MR) is 191 cm³/mol. The molecule has 0 aromatic heterocycles. The molecule has 11 heteroatoms. The lowest BCUT2D eigenvalue weighted by Gasteiger charge is -2.35. The highest BCUT2D eigenvalue weighted by Crippen LogP contribution is 2.33. The van der Waals surface area contributed by atoms with Gasteiger partial charge in [-0.1, -0.05) is 119 Å². The third kappa shape index (κ3) is 9.16. The van der Waals surface area contributed by atoms with E-state index in [-0.39, 0.29) is 45.5 Å². The molecule has 0 radical (unpaired) electrons. The van der Waals surface area contributed by atoms with Crippen LogP contribution in [0.5, 0.6) is 0 Å². The Kier molecular flexibility index (Phi) is 12.0. The summed E-state index contributed by atoms with van der Waals surface area (Å²) < 4.78 is 30.2. The lowest BCUT2D eigenvalue weighted by atomic mass is 9.94. The van der Waals surface area contributed by atoms with Crippen LogP contribution < -0.4 is 9.62 Å². The number of nitrogens with zero attached hydrogens (tertiary/aromatic N) is 2. The van der Waals surface area contributed by atoms with Crippen molar-refractivity contribution in [2.75, 3.05) is 10.8 Å². The van der Waals surface area contributed by atoms with Crippen LogP contribution in [0.15, 0.2) is 112 Å². The van der Waals surface area contributed by atoms with E-state index in [9.17, 15) is 18.0 Å². The number of nitrogens with one attached hydrogen (secondary N) is 1. The number of amides is 2. The molecule has 4 aromatic rings. The molecule has 0 spiro atoms. The van der Waals surface area contributed by atoms with E-state index in [1.165, 1.54) is 29.2 Å². The van der Waals surface area contributed by atoms with Crippen LogP contribution in [0.1, 0.15) is 43.2 Å². The molecule has 1 aliphatic rings. The second-order valence-corrected chi connectivity index (χ2v) is 15.2. The second-order valence-electron chi connectivity index (χ2n) is 11.6. The lowest BCUT2D eigenvalue weighted by Crippen LogP contribution is -2.55. The van der Waals surface area contributed by atoms with Gasteiger partial charge in [0.2, 0.25) is 11.8 Å². The van der Waals surface area contributed by atoms with E-state index < -0.39 is 28.5 Å². The summed E-state index contributed by atoms with van der Waals surface area (Å²) in [6, 6.07) is 28.4. The number of anilines is 1. The molecule has 5 rings (SSSR count). The van der Waals surface area contributed by atoms with Crippen molar-refractivity contribution in [2.45, 2.75) is 62.0 Å². The van der Waals surface area contributed by atoms with Gasteiger partial charge in [-0.15, -0.1) is 0 Å². The van der Waals surface area contributed by atoms with Gasteiger partial charge in [0, 0.05) is 28.5 Å². The Morgan fingerprint density at radius 1 is 0.830 bits per heavy atom. The van der Waals surface area contributed by atoms with Crippen LogP contribution in [0.4, 0.5) is 5.69 Å². The first-order valence-corrected chi connectivity index (χ1v) is 18.5. The van der Waals surface area contributed by atoms with Gasteiger partial charge < -0.3 is 10.2 Å². The Hall–Kier alpha value is -3.37. The Morgan fingerprint density at radius 2 is 1.49 bits per heavy atom. The summed E-state index contributed by atoms with van der Waals surface area (Å²) in [5.74, 6) is -0.845. The first kappa shape index (κ1) is 35.0. The lowest BCUT2D eigenvalue weighted by molar-refractivity contribution is -0.140. The number of carbonyl (C=O) groups is 2. The zero-order chi connectivity index (χ0) is 33.4. The van der Waals surface area contributed by atoms with Gasteiger partial charge in [0.05, 0.1) is 15.6 Å². The molecule has 0 heterocycles. The van der Waals surface area contributed by atoms with Gasteiger partial charge in [0.25, 0.3) is 10.0 Å². The zero-order valence-corrected chi connectivity index (χ0v) is 29.6. The number of hydrogen-bond donors (Lipinski definition) is 1. The number of carbonyl (C=O) groups excluding carboxylic acids is 2. The molecule has 246 valence electrons. The normalized spacial score (nSPS) is 14.3. The van der Waals surface area contributed by atoms with Crippen molar-refractivity contribution in [3.05, 3.63) is 129 Å². The SMILES string of the molecule is O=C(NC1CCCCC1)[C@@H](Cc1ccccc1)N(Cc1cccc(Br)c1)C(=O)CN(c1cc(Cl)ccc1Cl)S(=O)(=O)c1ccccc1. The first-order chi connectivity index (χ1) is 22.6. The Morgan fingerprint density at radius 3 is 2.17 bits per heavy atom. The second kappa shape index (κ2) is 16.2.